The molecule has 0 aliphatic rings. The van der Waals surface area contributed by atoms with Crippen molar-refractivity contribution in [2.75, 3.05) is 6.61 Å². The maximum atomic E-state index is 13.2. The van der Waals surface area contributed by atoms with Gasteiger partial charge in [-0.2, -0.15) is 0 Å². The number of unbranched alkanes of at least 4 members (excludes halogenated alkanes) is 29. The van der Waals surface area contributed by atoms with E-state index in [0.717, 1.165) is 57.8 Å². The monoisotopic (exact) mass is 870 g/mol. The van der Waals surface area contributed by atoms with Crippen LogP contribution >= 0.6 is 0 Å². The minimum atomic E-state index is -0.808. The van der Waals surface area contributed by atoms with Crippen LogP contribution in [0.3, 0.4) is 0 Å². The molecule has 3 N–H and O–H groups in total. The van der Waals surface area contributed by atoms with Gasteiger partial charge in [0, 0.05) is 12.8 Å². The second kappa shape index (κ2) is 49.8. The highest BCUT2D eigenvalue weighted by atomic mass is 16.5. The van der Waals surface area contributed by atoms with Crippen LogP contribution in [0.2, 0.25) is 0 Å². The van der Waals surface area contributed by atoms with Gasteiger partial charge in [-0.1, -0.05) is 256 Å². The number of allylic oxidation sites excluding steroid dienone is 7. The van der Waals surface area contributed by atoms with Crippen LogP contribution in [-0.2, 0) is 14.3 Å². The summed E-state index contributed by atoms with van der Waals surface area (Å²) < 4.78 is 5.88. The maximum absolute atomic E-state index is 13.2. The van der Waals surface area contributed by atoms with Gasteiger partial charge in [0.2, 0.25) is 5.91 Å². The summed E-state index contributed by atoms with van der Waals surface area (Å²) in [4.78, 5) is 26.1. The predicted octanol–water partition coefficient (Wildman–Crippen LogP) is 16.2. The first-order valence-corrected chi connectivity index (χ1v) is 26.9. The smallest absolute Gasteiger partial charge is 0.306 e. The van der Waals surface area contributed by atoms with Crippen molar-refractivity contribution in [3.63, 3.8) is 0 Å². The van der Waals surface area contributed by atoms with E-state index in [1.165, 1.54) is 167 Å². The molecule has 0 aromatic rings. The van der Waals surface area contributed by atoms with Gasteiger partial charge in [0.15, 0.2) is 0 Å². The Kier molecular flexibility index (Phi) is 48.1. The lowest BCUT2D eigenvalue weighted by Crippen LogP contribution is -2.46. The number of hydrogen-bond donors (Lipinski definition) is 3. The number of hydrogen-bond acceptors (Lipinski definition) is 5. The Morgan fingerprint density at radius 2 is 0.855 bits per heavy atom. The molecule has 0 aliphatic carbocycles. The van der Waals surface area contributed by atoms with Crippen molar-refractivity contribution in [1.82, 2.24) is 5.32 Å². The second-order valence-electron chi connectivity index (χ2n) is 18.3. The number of rotatable bonds is 48. The van der Waals surface area contributed by atoms with E-state index < -0.39 is 18.2 Å². The molecule has 1 amide bonds. The van der Waals surface area contributed by atoms with Crippen LogP contribution in [-0.4, -0.2) is 46.9 Å². The van der Waals surface area contributed by atoms with Crippen molar-refractivity contribution < 1.29 is 24.5 Å². The number of aliphatic hydroxyl groups excluding tert-OH is 2. The highest BCUT2D eigenvalue weighted by Gasteiger charge is 2.23. The van der Waals surface area contributed by atoms with Gasteiger partial charge >= 0.3 is 5.97 Å². The van der Waals surface area contributed by atoms with E-state index in [9.17, 15) is 19.8 Å². The molecular weight excluding hydrogens is 767 g/mol. The second-order valence-corrected chi connectivity index (χ2v) is 18.3. The Morgan fingerprint density at radius 1 is 0.484 bits per heavy atom. The fourth-order valence-corrected chi connectivity index (χ4v) is 8.06. The Balaban J connectivity index is 4.60. The average Bonchev–Trinajstić information content (AvgIpc) is 3.26. The molecule has 362 valence electrons. The van der Waals surface area contributed by atoms with Crippen molar-refractivity contribution >= 4 is 11.9 Å². The molecule has 0 fully saturated rings. The highest BCUT2D eigenvalue weighted by molar-refractivity contribution is 5.77. The van der Waals surface area contributed by atoms with Crippen molar-refractivity contribution in [2.45, 2.75) is 289 Å². The molecule has 0 radical (unpaired) electrons. The van der Waals surface area contributed by atoms with Crippen LogP contribution < -0.4 is 5.32 Å². The van der Waals surface area contributed by atoms with Crippen molar-refractivity contribution in [3.8, 4) is 0 Å². The molecule has 6 nitrogen and oxygen atoms in total. The number of ether oxygens (including phenoxy) is 1. The van der Waals surface area contributed by atoms with Crippen LogP contribution in [0, 0.1) is 0 Å². The lowest BCUT2D eigenvalue weighted by molar-refractivity contribution is -0.150. The quantitative estimate of drug-likeness (QED) is 0.0322. The first kappa shape index (κ1) is 59.8. The summed E-state index contributed by atoms with van der Waals surface area (Å²) in [6.45, 7) is 6.42. The zero-order valence-electron chi connectivity index (χ0n) is 41.3. The lowest BCUT2D eigenvalue weighted by Gasteiger charge is -2.24. The molecule has 0 aromatic heterocycles. The molecular formula is C56H103NO5. The predicted molar refractivity (Wildman–Crippen MR) is 269 cm³/mol. The van der Waals surface area contributed by atoms with E-state index in [2.05, 4.69) is 68.6 Å². The van der Waals surface area contributed by atoms with E-state index in [1.54, 1.807) is 0 Å². The topological polar surface area (TPSA) is 95.9 Å². The third-order valence-electron chi connectivity index (χ3n) is 12.2. The average molecular weight is 870 g/mol. The summed E-state index contributed by atoms with van der Waals surface area (Å²) in [6.07, 6.45) is 60.6. The first-order valence-electron chi connectivity index (χ1n) is 26.9. The Hall–Kier alpha value is -2.18. The molecule has 0 spiro atoms. The van der Waals surface area contributed by atoms with Crippen LogP contribution in [0.5, 0.6) is 0 Å². The first-order chi connectivity index (χ1) is 30.5. The third kappa shape index (κ3) is 44.4. The summed E-state index contributed by atoms with van der Waals surface area (Å²) in [7, 11) is 0. The number of carbonyl (C=O) groups is 2. The molecule has 0 aliphatic heterocycles. The lowest BCUT2D eigenvalue weighted by atomic mass is 10.0. The van der Waals surface area contributed by atoms with Gasteiger partial charge in [-0.05, 0) is 44.9 Å². The summed E-state index contributed by atoms with van der Waals surface area (Å²) in [5.41, 5.74) is 0. The van der Waals surface area contributed by atoms with Crippen molar-refractivity contribution in [1.29, 1.82) is 0 Å². The van der Waals surface area contributed by atoms with E-state index in [0.29, 0.717) is 19.3 Å². The molecule has 0 rings (SSSR count). The van der Waals surface area contributed by atoms with Gasteiger partial charge in [-0.15, -0.1) is 0 Å². The van der Waals surface area contributed by atoms with Crippen molar-refractivity contribution in [3.05, 3.63) is 48.6 Å². The molecule has 0 bridgehead atoms. The van der Waals surface area contributed by atoms with E-state index in [4.69, 9.17) is 4.74 Å². The molecule has 62 heavy (non-hydrogen) atoms. The summed E-state index contributed by atoms with van der Waals surface area (Å²) >= 11 is 0. The summed E-state index contributed by atoms with van der Waals surface area (Å²) in [6, 6.07) is -0.728. The van der Waals surface area contributed by atoms with Gasteiger partial charge in [0.1, 0.15) is 6.10 Å². The van der Waals surface area contributed by atoms with Crippen LogP contribution in [0.4, 0.5) is 0 Å². The molecule has 3 unspecified atom stereocenters. The number of nitrogens with one attached hydrogen (secondary N) is 1. The van der Waals surface area contributed by atoms with E-state index >= 15 is 0 Å². The normalized spacial score (nSPS) is 13.6. The van der Waals surface area contributed by atoms with Gasteiger partial charge < -0.3 is 20.3 Å². The number of amides is 1. The van der Waals surface area contributed by atoms with Gasteiger partial charge in [0.25, 0.3) is 0 Å². The summed E-state index contributed by atoms with van der Waals surface area (Å²) in [5, 5.41) is 23.6. The molecule has 0 saturated carbocycles. The molecule has 6 heteroatoms. The standard InChI is InChI=1S/C56H103NO5/c1-4-7-10-13-16-19-21-23-25-26-27-28-30-32-34-37-40-43-46-49-56(61)62-52(47-44-41-38-36-33-31-29-24-22-20-17-14-11-8-5-2)50-55(60)57-53(51-58)54(59)48-45-42-39-35-18-15-12-9-6-3/h17,20,24,29,33,36,41,44,52-54,58-59H,4-16,18-19,21-23,25-28,30-32,34-35,37-40,42-43,45-51H2,1-3H3,(H,57,60)/b20-17-,29-24-,36-33-,44-41-. The van der Waals surface area contributed by atoms with Crippen LogP contribution in [0.25, 0.3) is 0 Å². The maximum Gasteiger partial charge on any atom is 0.306 e. The zero-order chi connectivity index (χ0) is 45.2. The highest BCUT2D eigenvalue weighted by Crippen LogP contribution is 2.17. The fourth-order valence-electron chi connectivity index (χ4n) is 8.06. The van der Waals surface area contributed by atoms with Crippen molar-refractivity contribution in [2.24, 2.45) is 0 Å². The van der Waals surface area contributed by atoms with Gasteiger partial charge in [0.05, 0.1) is 25.2 Å². The molecule has 0 saturated heterocycles. The largest absolute Gasteiger partial charge is 0.461 e. The zero-order valence-corrected chi connectivity index (χ0v) is 41.3. The minimum Gasteiger partial charge on any atom is -0.461 e. The Labute approximate surface area is 385 Å². The number of aliphatic hydroxyl groups is 2. The molecule has 3 atom stereocenters. The van der Waals surface area contributed by atoms with Crippen LogP contribution in [0.15, 0.2) is 48.6 Å². The molecule has 0 heterocycles. The Bertz CT molecular complexity index is 1070. The van der Waals surface area contributed by atoms with E-state index in [-0.39, 0.29) is 24.9 Å². The van der Waals surface area contributed by atoms with Gasteiger partial charge in [-0.3, -0.25) is 9.59 Å². The Morgan fingerprint density at radius 3 is 1.29 bits per heavy atom. The minimum absolute atomic E-state index is 0.00418. The fraction of sp³-hybridized carbons (Fsp3) is 0.821. The summed E-state index contributed by atoms with van der Waals surface area (Å²) in [5.74, 6) is -0.567. The van der Waals surface area contributed by atoms with Gasteiger partial charge in [-0.25, -0.2) is 0 Å². The third-order valence-corrected chi connectivity index (χ3v) is 12.2. The molecule has 0 aromatic carbocycles. The number of carbonyl (C=O) groups excluding carboxylic acids is 2. The van der Waals surface area contributed by atoms with Crippen LogP contribution in [0.1, 0.15) is 271 Å². The SMILES string of the molecule is CCCCC/C=C\C/C=C\C/C=C\C/C=C\CC(CC(=O)NC(CO)C(O)CCCCCCCCCCC)OC(=O)CCCCCCCCCCCCCCCCCCCCC. The van der Waals surface area contributed by atoms with E-state index in [1.807, 2.05) is 6.08 Å². The number of esters is 1.